The van der Waals surface area contributed by atoms with Gasteiger partial charge in [0.15, 0.2) is 0 Å². The predicted octanol–water partition coefficient (Wildman–Crippen LogP) is 2.82. The molecule has 1 saturated heterocycles. The summed E-state index contributed by atoms with van der Waals surface area (Å²) in [6, 6.07) is 15.4. The van der Waals surface area contributed by atoms with E-state index in [1.54, 1.807) is 23.1 Å². The molecule has 0 spiro atoms. The number of carbonyl (C=O) groups is 1. The first-order valence-corrected chi connectivity index (χ1v) is 8.72. The first kappa shape index (κ1) is 16.0. The third-order valence-corrected chi connectivity index (χ3v) is 5.06. The Morgan fingerprint density at radius 3 is 2.96 bits per heavy atom. The number of rotatable bonds is 3. The molecule has 2 N–H and O–H groups in total. The lowest BCUT2D eigenvalue weighted by Crippen LogP contribution is -2.48. The third kappa shape index (κ3) is 3.33. The Balaban J connectivity index is 1.33. The van der Waals surface area contributed by atoms with Crippen LogP contribution in [0.3, 0.4) is 0 Å². The van der Waals surface area contributed by atoms with E-state index < -0.39 is 0 Å². The molecule has 2 aromatic rings. The van der Waals surface area contributed by atoms with Gasteiger partial charge >= 0.3 is 6.03 Å². The van der Waals surface area contributed by atoms with Crippen LogP contribution in [-0.4, -0.2) is 42.3 Å². The fraction of sp³-hybridized carbons (Fsp3) is 0.350. The van der Waals surface area contributed by atoms with Crippen LogP contribution in [0.15, 0.2) is 48.5 Å². The number of urea groups is 1. The lowest BCUT2D eigenvalue weighted by Gasteiger charge is -2.35. The number of ether oxygens (including phenoxy) is 1. The first-order valence-electron chi connectivity index (χ1n) is 8.72. The minimum Gasteiger partial charge on any atom is -0.508 e. The van der Waals surface area contributed by atoms with Crippen LogP contribution >= 0.6 is 0 Å². The van der Waals surface area contributed by atoms with Crippen molar-refractivity contribution in [2.75, 3.05) is 26.2 Å². The molecule has 2 aromatic carbocycles. The van der Waals surface area contributed by atoms with E-state index in [1.807, 2.05) is 6.07 Å². The topological polar surface area (TPSA) is 61.8 Å². The zero-order valence-corrected chi connectivity index (χ0v) is 14.0. The minimum absolute atomic E-state index is 0.0437. The Kier molecular flexibility index (Phi) is 4.32. The van der Waals surface area contributed by atoms with E-state index in [1.165, 1.54) is 11.1 Å². The van der Waals surface area contributed by atoms with Crippen LogP contribution in [0.1, 0.15) is 28.7 Å². The molecule has 5 nitrogen and oxygen atoms in total. The largest absolute Gasteiger partial charge is 0.508 e. The number of fused-ring (bicyclic) bond motifs is 1. The van der Waals surface area contributed by atoms with Crippen molar-refractivity contribution in [3.63, 3.8) is 0 Å². The number of hydrogen-bond acceptors (Lipinski definition) is 3. The van der Waals surface area contributed by atoms with Gasteiger partial charge < -0.3 is 20.1 Å². The molecule has 25 heavy (non-hydrogen) atoms. The number of hydrogen-bond donors (Lipinski definition) is 2. The number of morpholine rings is 1. The van der Waals surface area contributed by atoms with Crippen molar-refractivity contribution in [2.45, 2.75) is 18.4 Å². The standard InChI is InChI=1S/C20H22N2O3/c23-17-6-3-5-15(11-17)19-13-22(8-9-25-19)20(24)21-12-16-10-14-4-1-2-7-18(14)16/h1-7,11,16,19,23H,8-10,12-13H2,(H,21,24)/t16-,19-/m0/s1. The maximum atomic E-state index is 12.5. The summed E-state index contributed by atoms with van der Waals surface area (Å²) in [4.78, 5) is 14.3. The van der Waals surface area contributed by atoms with Crippen molar-refractivity contribution < 1.29 is 14.6 Å². The van der Waals surface area contributed by atoms with Crippen LogP contribution in [0.5, 0.6) is 5.75 Å². The lowest BCUT2D eigenvalue weighted by molar-refractivity contribution is -0.0155. The number of carbonyl (C=O) groups excluding carboxylic acids is 1. The molecule has 0 unspecified atom stereocenters. The molecule has 1 aliphatic heterocycles. The number of benzene rings is 2. The second-order valence-corrected chi connectivity index (χ2v) is 6.69. The Hall–Kier alpha value is -2.53. The van der Waals surface area contributed by atoms with Gasteiger partial charge in [0.05, 0.1) is 13.2 Å². The van der Waals surface area contributed by atoms with E-state index in [2.05, 4.69) is 29.6 Å². The normalized spacial score (nSPS) is 22.0. The zero-order valence-electron chi connectivity index (χ0n) is 14.0. The Morgan fingerprint density at radius 2 is 2.12 bits per heavy atom. The Labute approximate surface area is 147 Å². The maximum absolute atomic E-state index is 12.5. The zero-order chi connectivity index (χ0) is 17.2. The van der Waals surface area contributed by atoms with Gasteiger partial charge in [0.1, 0.15) is 11.9 Å². The second-order valence-electron chi connectivity index (χ2n) is 6.69. The molecule has 0 aromatic heterocycles. The molecule has 5 heteroatoms. The average molecular weight is 338 g/mol. The monoisotopic (exact) mass is 338 g/mol. The summed E-state index contributed by atoms with van der Waals surface area (Å²) in [5, 5.41) is 12.7. The highest BCUT2D eigenvalue weighted by molar-refractivity contribution is 5.74. The first-order chi connectivity index (χ1) is 12.2. The van der Waals surface area contributed by atoms with E-state index in [-0.39, 0.29) is 17.9 Å². The quantitative estimate of drug-likeness (QED) is 0.905. The molecule has 2 atom stereocenters. The predicted molar refractivity (Wildman–Crippen MR) is 94.7 cm³/mol. The van der Waals surface area contributed by atoms with Gasteiger partial charge in [0, 0.05) is 19.0 Å². The summed E-state index contributed by atoms with van der Waals surface area (Å²) in [6.07, 6.45) is 0.835. The highest BCUT2D eigenvalue weighted by atomic mass is 16.5. The maximum Gasteiger partial charge on any atom is 0.317 e. The number of nitrogens with one attached hydrogen (secondary N) is 1. The van der Waals surface area contributed by atoms with Gasteiger partial charge in [-0.1, -0.05) is 36.4 Å². The van der Waals surface area contributed by atoms with Gasteiger partial charge in [-0.25, -0.2) is 4.79 Å². The SMILES string of the molecule is O=C(NC[C@@H]1Cc2ccccc21)N1CCO[C@H](c2cccc(O)c2)C1. The van der Waals surface area contributed by atoms with Crippen molar-refractivity contribution in [1.29, 1.82) is 0 Å². The highest BCUT2D eigenvalue weighted by Gasteiger charge is 2.28. The van der Waals surface area contributed by atoms with Gasteiger partial charge in [0.2, 0.25) is 0 Å². The van der Waals surface area contributed by atoms with E-state index in [0.717, 1.165) is 12.0 Å². The van der Waals surface area contributed by atoms with Crippen LogP contribution in [0.4, 0.5) is 4.79 Å². The van der Waals surface area contributed by atoms with E-state index >= 15 is 0 Å². The molecule has 130 valence electrons. The molecule has 2 amide bonds. The number of phenols is 1. The summed E-state index contributed by atoms with van der Waals surface area (Å²) >= 11 is 0. The summed E-state index contributed by atoms with van der Waals surface area (Å²) < 4.78 is 5.77. The number of nitrogens with zero attached hydrogens (tertiary/aromatic N) is 1. The summed E-state index contributed by atoms with van der Waals surface area (Å²) in [5.41, 5.74) is 3.63. The third-order valence-electron chi connectivity index (χ3n) is 5.06. The highest BCUT2D eigenvalue weighted by Crippen LogP contribution is 2.34. The summed E-state index contributed by atoms with van der Waals surface area (Å²) in [5.74, 6) is 0.634. The second kappa shape index (κ2) is 6.76. The van der Waals surface area contributed by atoms with Gasteiger partial charge in [-0.05, 0) is 35.2 Å². The summed E-state index contributed by atoms with van der Waals surface area (Å²) in [7, 11) is 0. The number of amides is 2. The fourth-order valence-corrected chi connectivity index (χ4v) is 3.63. The minimum atomic E-state index is -0.198. The molecule has 0 saturated carbocycles. The molecule has 2 aliphatic rings. The average Bonchev–Trinajstić information content (AvgIpc) is 2.62. The molecule has 1 fully saturated rings. The van der Waals surface area contributed by atoms with Crippen molar-refractivity contribution in [3.8, 4) is 5.75 Å². The van der Waals surface area contributed by atoms with Crippen molar-refractivity contribution >= 4 is 6.03 Å². The fourth-order valence-electron chi connectivity index (χ4n) is 3.63. The smallest absolute Gasteiger partial charge is 0.317 e. The Morgan fingerprint density at radius 1 is 1.24 bits per heavy atom. The molecule has 0 bridgehead atoms. The van der Waals surface area contributed by atoms with Crippen LogP contribution in [0, 0.1) is 0 Å². The van der Waals surface area contributed by atoms with Crippen LogP contribution in [0.2, 0.25) is 0 Å². The summed E-state index contributed by atoms with van der Waals surface area (Å²) in [6.45, 7) is 2.25. The molecular weight excluding hydrogens is 316 g/mol. The number of phenolic OH excluding ortho intramolecular Hbond substituents is 1. The van der Waals surface area contributed by atoms with Crippen LogP contribution in [-0.2, 0) is 11.2 Å². The molecular formula is C20H22N2O3. The van der Waals surface area contributed by atoms with Crippen molar-refractivity contribution in [2.24, 2.45) is 0 Å². The molecule has 1 aliphatic carbocycles. The van der Waals surface area contributed by atoms with Crippen LogP contribution in [0.25, 0.3) is 0 Å². The Bertz CT molecular complexity index is 777. The van der Waals surface area contributed by atoms with Gasteiger partial charge in [-0.15, -0.1) is 0 Å². The van der Waals surface area contributed by atoms with E-state index in [0.29, 0.717) is 32.2 Å². The van der Waals surface area contributed by atoms with Crippen molar-refractivity contribution in [3.05, 3.63) is 65.2 Å². The van der Waals surface area contributed by atoms with Gasteiger partial charge in [0.25, 0.3) is 0 Å². The van der Waals surface area contributed by atoms with E-state index in [4.69, 9.17) is 4.74 Å². The molecule has 4 rings (SSSR count). The van der Waals surface area contributed by atoms with Crippen LogP contribution < -0.4 is 5.32 Å². The molecule has 1 heterocycles. The number of aromatic hydroxyl groups is 1. The van der Waals surface area contributed by atoms with Gasteiger partial charge in [-0.3, -0.25) is 0 Å². The van der Waals surface area contributed by atoms with E-state index in [9.17, 15) is 9.90 Å². The van der Waals surface area contributed by atoms with Crippen molar-refractivity contribution in [1.82, 2.24) is 10.2 Å². The molecule has 0 radical (unpaired) electrons. The van der Waals surface area contributed by atoms with Gasteiger partial charge in [-0.2, -0.15) is 0 Å². The lowest BCUT2D eigenvalue weighted by atomic mass is 9.78.